The second kappa shape index (κ2) is 4.28. The number of carbonyl (C=O) groups is 1. The van der Waals surface area contributed by atoms with Crippen molar-refractivity contribution in [1.82, 2.24) is 5.32 Å². The minimum Gasteiger partial charge on any atom is -0.323 e. The Morgan fingerprint density at radius 2 is 2.27 bits per heavy atom. The molecule has 0 unspecified atom stereocenters. The van der Waals surface area contributed by atoms with Crippen LogP contribution in [0.15, 0.2) is 22.7 Å². The van der Waals surface area contributed by atoms with Crippen molar-refractivity contribution in [1.29, 1.82) is 0 Å². The van der Waals surface area contributed by atoms with Gasteiger partial charge < -0.3 is 10.6 Å². The number of benzene rings is 1. The van der Waals surface area contributed by atoms with Crippen LogP contribution in [-0.2, 0) is 4.79 Å². The predicted octanol–water partition coefficient (Wildman–Crippen LogP) is 1.75. The zero-order valence-corrected chi connectivity index (χ0v) is 9.47. The first-order chi connectivity index (χ1) is 7.16. The van der Waals surface area contributed by atoms with Gasteiger partial charge in [-0.3, -0.25) is 4.79 Å². The number of amides is 1. The van der Waals surface area contributed by atoms with Crippen molar-refractivity contribution >= 4 is 27.5 Å². The summed E-state index contributed by atoms with van der Waals surface area (Å²) < 4.78 is 14.0. The minimum absolute atomic E-state index is 0.0385. The van der Waals surface area contributed by atoms with Crippen LogP contribution in [0.1, 0.15) is 0 Å². The van der Waals surface area contributed by atoms with E-state index in [0.29, 0.717) is 13.1 Å². The lowest BCUT2D eigenvalue weighted by Gasteiger charge is -2.25. The molecule has 0 bridgehead atoms. The van der Waals surface area contributed by atoms with Crippen molar-refractivity contribution in [2.24, 2.45) is 5.92 Å². The second-order valence-electron chi connectivity index (χ2n) is 3.47. The molecular formula is C10H10BrFN2O. The summed E-state index contributed by atoms with van der Waals surface area (Å²) >= 11 is 3.22. The van der Waals surface area contributed by atoms with Gasteiger partial charge in [0.15, 0.2) is 0 Å². The van der Waals surface area contributed by atoms with Crippen molar-refractivity contribution in [2.75, 3.05) is 18.4 Å². The van der Waals surface area contributed by atoms with Crippen LogP contribution < -0.4 is 10.6 Å². The van der Waals surface area contributed by atoms with Crippen LogP contribution in [0.2, 0.25) is 0 Å². The lowest BCUT2D eigenvalue weighted by atomic mass is 10.0. The maximum absolute atomic E-state index is 13.3. The molecule has 5 heteroatoms. The maximum Gasteiger partial charge on any atom is 0.230 e. The fourth-order valence-electron chi connectivity index (χ4n) is 1.30. The van der Waals surface area contributed by atoms with Crippen LogP contribution in [0.3, 0.4) is 0 Å². The van der Waals surface area contributed by atoms with Crippen molar-refractivity contribution in [2.45, 2.75) is 0 Å². The first kappa shape index (κ1) is 10.6. The van der Waals surface area contributed by atoms with E-state index in [0.717, 1.165) is 4.47 Å². The predicted molar refractivity (Wildman–Crippen MR) is 59.1 cm³/mol. The van der Waals surface area contributed by atoms with Crippen LogP contribution in [0.4, 0.5) is 10.1 Å². The Morgan fingerprint density at radius 3 is 2.87 bits per heavy atom. The second-order valence-corrected chi connectivity index (χ2v) is 4.38. The number of rotatable bonds is 2. The molecule has 0 atom stereocenters. The third-order valence-corrected chi connectivity index (χ3v) is 2.83. The van der Waals surface area contributed by atoms with E-state index in [9.17, 15) is 9.18 Å². The fourth-order valence-corrected chi connectivity index (χ4v) is 1.66. The van der Waals surface area contributed by atoms with Gasteiger partial charge in [0.1, 0.15) is 5.82 Å². The number of nitrogens with one attached hydrogen (secondary N) is 2. The summed E-state index contributed by atoms with van der Waals surface area (Å²) in [6.45, 7) is 1.34. The van der Waals surface area contributed by atoms with Crippen LogP contribution in [0, 0.1) is 11.7 Å². The normalized spacial score (nSPS) is 15.9. The average molecular weight is 273 g/mol. The van der Waals surface area contributed by atoms with E-state index in [1.165, 1.54) is 6.07 Å². The van der Waals surface area contributed by atoms with E-state index in [2.05, 4.69) is 26.6 Å². The largest absolute Gasteiger partial charge is 0.323 e. The molecule has 1 aromatic rings. The zero-order chi connectivity index (χ0) is 10.8. The van der Waals surface area contributed by atoms with Gasteiger partial charge in [0.05, 0.1) is 11.6 Å². The lowest BCUT2D eigenvalue weighted by molar-refractivity contribution is -0.121. The Balaban J connectivity index is 2.09. The van der Waals surface area contributed by atoms with E-state index < -0.39 is 5.82 Å². The monoisotopic (exact) mass is 272 g/mol. The number of hydrogen-bond donors (Lipinski definition) is 2. The van der Waals surface area contributed by atoms with Crippen LogP contribution in [0.5, 0.6) is 0 Å². The van der Waals surface area contributed by atoms with Gasteiger partial charge in [0.25, 0.3) is 0 Å². The molecule has 0 radical (unpaired) electrons. The molecule has 1 fully saturated rings. The molecule has 0 aliphatic carbocycles. The Morgan fingerprint density at radius 1 is 1.53 bits per heavy atom. The molecule has 1 amide bonds. The summed E-state index contributed by atoms with van der Waals surface area (Å²) in [6, 6.07) is 4.47. The third-order valence-electron chi connectivity index (χ3n) is 2.34. The molecule has 1 heterocycles. The van der Waals surface area contributed by atoms with Crippen LogP contribution in [-0.4, -0.2) is 19.0 Å². The summed E-state index contributed by atoms with van der Waals surface area (Å²) in [5, 5.41) is 5.56. The van der Waals surface area contributed by atoms with E-state index >= 15 is 0 Å². The van der Waals surface area contributed by atoms with E-state index in [-0.39, 0.29) is 17.5 Å². The minimum atomic E-state index is -0.418. The van der Waals surface area contributed by atoms with Gasteiger partial charge in [0.2, 0.25) is 5.91 Å². The summed E-state index contributed by atoms with van der Waals surface area (Å²) in [6.07, 6.45) is 0. The van der Waals surface area contributed by atoms with Crippen molar-refractivity contribution in [3.05, 3.63) is 28.5 Å². The molecule has 2 N–H and O–H groups in total. The van der Waals surface area contributed by atoms with E-state index in [1.54, 1.807) is 12.1 Å². The molecule has 1 aliphatic rings. The number of hydrogen-bond acceptors (Lipinski definition) is 2. The molecule has 80 valence electrons. The van der Waals surface area contributed by atoms with Gasteiger partial charge in [-0.2, -0.15) is 0 Å². The average Bonchev–Trinajstić information content (AvgIpc) is 2.08. The highest BCUT2D eigenvalue weighted by Crippen LogP contribution is 2.20. The van der Waals surface area contributed by atoms with Crippen molar-refractivity contribution < 1.29 is 9.18 Å². The summed E-state index contributed by atoms with van der Waals surface area (Å²) in [7, 11) is 0. The quantitative estimate of drug-likeness (QED) is 0.861. The first-order valence-corrected chi connectivity index (χ1v) is 5.43. The van der Waals surface area contributed by atoms with Crippen molar-refractivity contribution in [3.63, 3.8) is 0 Å². The van der Waals surface area contributed by atoms with E-state index in [1.807, 2.05) is 0 Å². The molecule has 0 aromatic heterocycles. The molecule has 1 aliphatic heterocycles. The molecule has 15 heavy (non-hydrogen) atoms. The van der Waals surface area contributed by atoms with Gasteiger partial charge >= 0.3 is 0 Å². The Kier molecular flexibility index (Phi) is 3.02. The molecule has 0 saturated carbocycles. The fraction of sp³-hybridized carbons (Fsp3) is 0.300. The van der Waals surface area contributed by atoms with E-state index in [4.69, 9.17) is 0 Å². The summed E-state index contributed by atoms with van der Waals surface area (Å²) in [5.74, 6) is -0.590. The molecule has 2 rings (SSSR count). The zero-order valence-electron chi connectivity index (χ0n) is 7.89. The topological polar surface area (TPSA) is 41.1 Å². The van der Waals surface area contributed by atoms with Crippen molar-refractivity contribution in [3.8, 4) is 0 Å². The van der Waals surface area contributed by atoms with Gasteiger partial charge in [-0.25, -0.2) is 4.39 Å². The Hall–Kier alpha value is -0.940. The molecular weight excluding hydrogens is 263 g/mol. The van der Waals surface area contributed by atoms with Gasteiger partial charge in [-0.1, -0.05) is 15.9 Å². The van der Waals surface area contributed by atoms with Crippen LogP contribution >= 0.6 is 15.9 Å². The highest BCUT2D eigenvalue weighted by molar-refractivity contribution is 9.10. The molecule has 1 aromatic carbocycles. The van der Waals surface area contributed by atoms with Crippen LogP contribution in [0.25, 0.3) is 0 Å². The highest BCUT2D eigenvalue weighted by atomic mass is 79.9. The summed E-state index contributed by atoms with van der Waals surface area (Å²) in [5.41, 5.74) is 0.223. The number of carbonyl (C=O) groups excluding carboxylic acids is 1. The smallest absolute Gasteiger partial charge is 0.230 e. The molecule has 3 nitrogen and oxygen atoms in total. The third kappa shape index (κ3) is 2.35. The Labute approximate surface area is 95.2 Å². The maximum atomic E-state index is 13.3. The van der Waals surface area contributed by atoms with Gasteiger partial charge in [-0.15, -0.1) is 0 Å². The lowest BCUT2D eigenvalue weighted by Crippen LogP contribution is -2.48. The number of halogens is 2. The van der Waals surface area contributed by atoms with Gasteiger partial charge in [0, 0.05) is 17.6 Å². The summed E-state index contributed by atoms with van der Waals surface area (Å²) in [4.78, 5) is 11.5. The van der Waals surface area contributed by atoms with Gasteiger partial charge in [-0.05, 0) is 18.2 Å². The molecule has 0 spiro atoms. The SMILES string of the molecule is O=C(Nc1cc(Br)ccc1F)C1CNC1. The highest BCUT2D eigenvalue weighted by Gasteiger charge is 2.25. The first-order valence-electron chi connectivity index (χ1n) is 4.63. The molecule has 1 saturated heterocycles. The standard InChI is InChI=1S/C10H10BrFN2O/c11-7-1-2-8(12)9(3-7)14-10(15)6-4-13-5-6/h1-3,6,13H,4-5H2,(H,14,15). The number of anilines is 1. The Bertz CT molecular complexity index is 393.